The van der Waals surface area contributed by atoms with Crippen molar-refractivity contribution in [1.82, 2.24) is 0 Å². The number of carbonyl (C=O) groups excluding carboxylic acids is 1. The Morgan fingerprint density at radius 1 is 1.83 bits per heavy atom. The van der Waals surface area contributed by atoms with Crippen LogP contribution in [0.25, 0.3) is 0 Å². The van der Waals surface area contributed by atoms with Gasteiger partial charge in [-0.05, 0) is 24.1 Å². The van der Waals surface area contributed by atoms with Crippen molar-refractivity contribution >= 4 is 6.29 Å². The molecule has 3 heteroatoms. The molecule has 1 rings (SSSR count). The second-order valence-corrected chi connectivity index (χ2v) is 2.69. The van der Waals surface area contributed by atoms with Crippen molar-refractivity contribution in [3.63, 3.8) is 0 Å². The van der Waals surface area contributed by atoms with Crippen LogP contribution in [0, 0.1) is 0 Å². The summed E-state index contributed by atoms with van der Waals surface area (Å²) < 4.78 is 4.90. The van der Waals surface area contributed by atoms with Crippen molar-refractivity contribution in [3.05, 3.63) is 24.0 Å². The minimum absolute atomic E-state index is 0.382. The van der Waals surface area contributed by atoms with Crippen LogP contribution in [0.15, 0.2) is 24.0 Å². The summed E-state index contributed by atoms with van der Waals surface area (Å²) in [6.07, 6.45) is 5.75. The molecule has 1 N–H and O–H groups in total. The number of aliphatic hydroxyl groups is 1. The monoisotopic (exact) mass is 168 g/mol. The lowest BCUT2D eigenvalue weighted by Crippen LogP contribution is -2.32. The van der Waals surface area contributed by atoms with E-state index in [9.17, 15) is 9.90 Å². The van der Waals surface area contributed by atoms with Gasteiger partial charge in [0.05, 0.1) is 6.26 Å². The van der Waals surface area contributed by atoms with Gasteiger partial charge in [-0.1, -0.05) is 6.92 Å². The molecule has 1 aliphatic rings. The van der Waals surface area contributed by atoms with Gasteiger partial charge in [0.1, 0.15) is 12.2 Å². The highest BCUT2D eigenvalue weighted by Crippen LogP contribution is 2.21. The Morgan fingerprint density at radius 2 is 2.58 bits per heavy atom. The number of carbonyl (C=O) groups is 1. The predicted molar refractivity (Wildman–Crippen MR) is 44.5 cm³/mol. The highest BCUT2D eigenvalue weighted by molar-refractivity contribution is 5.69. The molecule has 0 saturated carbocycles. The Hall–Kier alpha value is -1.09. The quantitative estimate of drug-likeness (QED) is 0.634. The third-order valence-corrected chi connectivity index (χ3v) is 1.98. The van der Waals surface area contributed by atoms with E-state index in [2.05, 4.69) is 0 Å². The Labute approximate surface area is 71.3 Å². The third kappa shape index (κ3) is 1.56. The average molecular weight is 168 g/mol. The van der Waals surface area contributed by atoms with Crippen LogP contribution in [-0.4, -0.2) is 23.6 Å². The van der Waals surface area contributed by atoms with Gasteiger partial charge in [0.15, 0.2) is 6.29 Å². The van der Waals surface area contributed by atoms with E-state index in [1.165, 1.54) is 6.26 Å². The molecule has 0 aromatic heterocycles. The topological polar surface area (TPSA) is 46.5 Å². The Balaban J connectivity index is 2.85. The first-order chi connectivity index (χ1) is 5.73. The van der Waals surface area contributed by atoms with Crippen molar-refractivity contribution in [1.29, 1.82) is 0 Å². The van der Waals surface area contributed by atoms with E-state index in [1.54, 1.807) is 19.1 Å². The molecule has 0 saturated heterocycles. The lowest BCUT2D eigenvalue weighted by Gasteiger charge is -2.22. The molecule has 12 heavy (non-hydrogen) atoms. The normalized spacial score (nSPS) is 20.7. The highest BCUT2D eigenvalue weighted by atomic mass is 16.5. The number of hydrogen-bond acceptors (Lipinski definition) is 3. The fraction of sp³-hybridized carbons (Fsp3) is 0.444. The van der Waals surface area contributed by atoms with Crippen molar-refractivity contribution in [2.45, 2.75) is 18.9 Å². The van der Waals surface area contributed by atoms with Crippen LogP contribution in [0.5, 0.6) is 0 Å². The third-order valence-electron chi connectivity index (χ3n) is 1.98. The number of hydrogen-bond donors (Lipinski definition) is 1. The fourth-order valence-corrected chi connectivity index (χ4v) is 1.06. The lowest BCUT2D eigenvalue weighted by atomic mass is 9.91. The molecular weight excluding hydrogens is 156 g/mol. The van der Waals surface area contributed by atoms with E-state index in [4.69, 9.17) is 4.74 Å². The summed E-state index contributed by atoms with van der Waals surface area (Å²) in [6, 6.07) is 0. The minimum Gasteiger partial charge on any atom is -0.497 e. The van der Waals surface area contributed by atoms with E-state index >= 15 is 0 Å². The van der Waals surface area contributed by atoms with Crippen LogP contribution in [-0.2, 0) is 9.53 Å². The molecule has 0 spiro atoms. The van der Waals surface area contributed by atoms with Gasteiger partial charge in [0.25, 0.3) is 0 Å². The van der Waals surface area contributed by atoms with E-state index < -0.39 is 5.60 Å². The first-order valence-electron chi connectivity index (χ1n) is 3.90. The first-order valence-corrected chi connectivity index (χ1v) is 3.90. The maximum absolute atomic E-state index is 10.6. The summed E-state index contributed by atoms with van der Waals surface area (Å²) >= 11 is 0. The zero-order valence-electron chi connectivity index (χ0n) is 6.99. The van der Waals surface area contributed by atoms with E-state index in [0.29, 0.717) is 24.9 Å². The molecule has 0 amide bonds. The maximum atomic E-state index is 10.6. The summed E-state index contributed by atoms with van der Waals surface area (Å²) in [5.41, 5.74) is -0.716. The second kappa shape index (κ2) is 3.54. The standard InChI is InChI=1S/C9H12O3/c1-2-9(11,7-10)8-3-5-12-6-4-8/h3-5,7,11H,2,6H2,1H3. The molecule has 3 nitrogen and oxygen atoms in total. The molecule has 0 bridgehead atoms. The zero-order chi connectivity index (χ0) is 9.03. The van der Waals surface area contributed by atoms with Gasteiger partial charge in [-0.3, -0.25) is 4.79 Å². The van der Waals surface area contributed by atoms with Gasteiger partial charge in [-0.15, -0.1) is 0 Å². The van der Waals surface area contributed by atoms with E-state index in [1.807, 2.05) is 0 Å². The molecule has 1 heterocycles. The molecule has 0 fully saturated rings. The summed E-state index contributed by atoms with van der Waals surface area (Å²) in [6.45, 7) is 2.18. The Kier molecular flexibility index (Phi) is 2.65. The Bertz CT molecular complexity index is 230. The Morgan fingerprint density at radius 3 is 3.00 bits per heavy atom. The number of ether oxygens (including phenoxy) is 1. The van der Waals surface area contributed by atoms with Crippen molar-refractivity contribution in [3.8, 4) is 0 Å². The van der Waals surface area contributed by atoms with Crippen LogP contribution in [0.4, 0.5) is 0 Å². The number of aldehydes is 1. The molecule has 0 radical (unpaired) electrons. The summed E-state index contributed by atoms with van der Waals surface area (Å²) in [4.78, 5) is 10.6. The summed E-state index contributed by atoms with van der Waals surface area (Å²) in [5.74, 6) is 0. The zero-order valence-corrected chi connectivity index (χ0v) is 6.99. The second-order valence-electron chi connectivity index (χ2n) is 2.69. The molecular formula is C9H12O3. The van der Waals surface area contributed by atoms with Crippen molar-refractivity contribution in [2.24, 2.45) is 0 Å². The molecule has 1 atom stereocenters. The SMILES string of the molecule is CCC(O)(C=O)C1=CCOC=C1. The van der Waals surface area contributed by atoms with Gasteiger partial charge in [0, 0.05) is 0 Å². The maximum Gasteiger partial charge on any atom is 0.156 e. The summed E-state index contributed by atoms with van der Waals surface area (Å²) in [5, 5.41) is 9.71. The van der Waals surface area contributed by atoms with Gasteiger partial charge in [0.2, 0.25) is 0 Å². The number of rotatable bonds is 3. The van der Waals surface area contributed by atoms with Gasteiger partial charge in [-0.25, -0.2) is 0 Å². The molecule has 0 aromatic rings. The molecule has 1 aliphatic heterocycles. The van der Waals surface area contributed by atoms with Crippen LogP contribution in [0.2, 0.25) is 0 Å². The fourth-order valence-electron chi connectivity index (χ4n) is 1.06. The highest BCUT2D eigenvalue weighted by Gasteiger charge is 2.27. The predicted octanol–water partition coefficient (Wildman–Crippen LogP) is 0.797. The molecule has 66 valence electrons. The largest absolute Gasteiger partial charge is 0.497 e. The van der Waals surface area contributed by atoms with Gasteiger partial charge < -0.3 is 9.84 Å². The lowest BCUT2D eigenvalue weighted by molar-refractivity contribution is -0.120. The van der Waals surface area contributed by atoms with E-state index in [-0.39, 0.29) is 0 Å². The first kappa shape index (κ1) is 9.00. The average Bonchev–Trinajstić information content (AvgIpc) is 2.18. The van der Waals surface area contributed by atoms with E-state index in [0.717, 1.165) is 0 Å². The van der Waals surface area contributed by atoms with Crippen LogP contribution < -0.4 is 0 Å². The molecule has 1 unspecified atom stereocenters. The van der Waals surface area contributed by atoms with Crippen molar-refractivity contribution in [2.75, 3.05) is 6.61 Å². The minimum atomic E-state index is -1.33. The van der Waals surface area contributed by atoms with Crippen LogP contribution >= 0.6 is 0 Å². The smallest absolute Gasteiger partial charge is 0.156 e. The molecule has 0 aromatic carbocycles. The molecule has 0 aliphatic carbocycles. The van der Waals surface area contributed by atoms with Crippen molar-refractivity contribution < 1.29 is 14.6 Å². The van der Waals surface area contributed by atoms with Crippen LogP contribution in [0.3, 0.4) is 0 Å². The van der Waals surface area contributed by atoms with Gasteiger partial charge in [-0.2, -0.15) is 0 Å². The summed E-state index contributed by atoms with van der Waals surface area (Å²) in [7, 11) is 0. The van der Waals surface area contributed by atoms with Gasteiger partial charge >= 0.3 is 0 Å². The van der Waals surface area contributed by atoms with Crippen LogP contribution in [0.1, 0.15) is 13.3 Å².